The maximum Gasteiger partial charge on any atom is 0.123 e. The first kappa shape index (κ1) is 17.1. The van der Waals surface area contributed by atoms with Crippen LogP contribution in [-0.2, 0) is 11.2 Å². The Bertz CT molecular complexity index is 362. The molecule has 0 fully saturated rings. The fourth-order valence-corrected chi connectivity index (χ4v) is 2.10. The van der Waals surface area contributed by atoms with E-state index in [0.29, 0.717) is 12.0 Å². The van der Waals surface area contributed by atoms with Gasteiger partial charge in [0.05, 0.1) is 6.10 Å². The smallest absolute Gasteiger partial charge is 0.123 e. The zero-order valence-corrected chi connectivity index (χ0v) is 13.2. The topological polar surface area (TPSA) is 21.3 Å². The molecule has 0 aliphatic heterocycles. The Labute approximate surface area is 122 Å². The van der Waals surface area contributed by atoms with Crippen molar-refractivity contribution in [3.8, 4) is 0 Å². The molecule has 0 spiro atoms. The lowest BCUT2D eigenvalue weighted by Gasteiger charge is -2.20. The molecule has 1 atom stereocenters. The van der Waals surface area contributed by atoms with E-state index >= 15 is 0 Å². The molecule has 0 amide bonds. The summed E-state index contributed by atoms with van der Waals surface area (Å²) in [6.45, 7) is 10.2. The maximum absolute atomic E-state index is 12.9. The molecule has 0 saturated heterocycles. The van der Waals surface area contributed by atoms with Gasteiger partial charge in [-0.2, -0.15) is 0 Å². The molecular formula is C17H28FNO. The van der Waals surface area contributed by atoms with Gasteiger partial charge in [0.15, 0.2) is 0 Å². The normalized spacial score (nSPS) is 13.2. The summed E-state index contributed by atoms with van der Waals surface area (Å²) in [5.74, 6) is 0.343. The molecule has 1 unspecified atom stereocenters. The van der Waals surface area contributed by atoms with Gasteiger partial charge in [-0.1, -0.05) is 26.0 Å². The Morgan fingerprint density at radius 3 is 2.30 bits per heavy atom. The second-order valence-electron chi connectivity index (χ2n) is 5.97. The number of benzene rings is 1. The van der Waals surface area contributed by atoms with Crippen molar-refractivity contribution in [2.45, 2.75) is 52.7 Å². The van der Waals surface area contributed by atoms with Crippen LogP contribution in [0.2, 0.25) is 0 Å². The first-order chi connectivity index (χ1) is 9.47. The van der Waals surface area contributed by atoms with Gasteiger partial charge in [0.1, 0.15) is 5.82 Å². The highest BCUT2D eigenvalue weighted by molar-refractivity contribution is 5.16. The molecular weight excluding hydrogens is 253 g/mol. The van der Waals surface area contributed by atoms with E-state index in [9.17, 15) is 4.39 Å². The first-order valence-corrected chi connectivity index (χ1v) is 7.56. The molecule has 0 bridgehead atoms. The summed E-state index contributed by atoms with van der Waals surface area (Å²) in [5.41, 5.74) is 1.19. The van der Waals surface area contributed by atoms with Crippen molar-refractivity contribution < 1.29 is 9.13 Å². The molecule has 1 aromatic rings. The van der Waals surface area contributed by atoms with Crippen molar-refractivity contribution in [1.29, 1.82) is 0 Å². The zero-order valence-electron chi connectivity index (χ0n) is 13.2. The van der Waals surface area contributed by atoms with Gasteiger partial charge in [-0.25, -0.2) is 4.39 Å². The fourth-order valence-electron chi connectivity index (χ4n) is 2.10. The van der Waals surface area contributed by atoms with E-state index in [1.165, 1.54) is 17.7 Å². The molecule has 0 aromatic heterocycles. The predicted octanol–water partition coefficient (Wildman–Crippen LogP) is 3.80. The van der Waals surface area contributed by atoms with Gasteiger partial charge in [-0.3, -0.25) is 0 Å². The van der Waals surface area contributed by atoms with Crippen LogP contribution in [0.4, 0.5) is 4.39 Å². The Balaban J connectivity index is 2.49. The third-order valence-corrected chi connectivity index (χ3v) is 3.23. The molecule has 0 saturated carbocycles. The largest absolute Gasteiger partial charge is 0.379 e. The minimum Gasteiger partial charge on any atom is -0.379 e. The highest BCUT2D eigenvalue weighted by Gasteiger charge is 2.11. The number of hydrogen-bond acceptors (Lipinski definition) is 2. The van der Waals surface area contributed by atoms with E-state index in [1.807, 2.05) is 12.1 Å². The molecule has 20 heavy (non-hydrogen) atoms. The maximum atomic E-state index is 12.9. The lowest BCUT2D eigenvalue weighted by Crippen LogP contribution is -2.30. The van der Waals surface area contributed by atoms with E-state index in [2.05, 4.69) is 33.0 Å². The van der Waals surface area contributed by atoms with Gasteiger partial charge in [0, 0.05) is 12.6 Å². The number of nitrogens with one attached hydrogen (secondary N) is 1. The Kier molecular flexibility index (Phi) is 7.78. The van der Waals surface area contributed by atoms with Crippen molar-refractivity contribution in [3.63, 3.8) is 0 Å². The van der Waals surface area contributed by atoms with E-state index < -0.39 is 0 Å². The van der Waals surface area contributed by atoms with Crippen molar-refractivity contribution in [2.75, 3.05) is 13.2 Å². The second-order valence-corrected chi connectivity index (χ2v) is 5.97. The molecule has 2 nitrogen and oxygen atoms in total. The van der Waals surface area contributed by atoms with E-state index in [4.69, 9.17) is 4.74 Å². The summed E-state index contributed by atoms with van der Waals surface area (Å²) in [6, 6.07) is 7.30. The number of hydrogen-bond donors (Lipinski definition) is 1. The monoisotopic (exact) mass is 281 g/mol. The fraction of sp³-hybridized carbons (Fsp3) is 0.647. The summed E-state index contributed by atoms with van der Waals surface area (Å²) < 4.78 is 18.6. The molecule has 114 valence electrons. The summed E-state index contributed by atoms with van der Waals surface area (Å²) >= 11 is 0. The van der Waals surface area contributed by atoms with E-state index in [1.54, 1.807) is 0 Å². The number of halogens is 1. The molecule has 1 aromatic carbocycles. The predicted molar refractivity (Wildman–Crippen MR) is 82.4 cm³/mol. The van der Waals surface area contributed by atoms with Gasteiger partial charge in [0.25, 0.3) is 0 Å². The third kappa shape index (κ3) is 7.61. The molecule has 0 aliphatic carbocycles. The van der Waals surface area contributed by atoms with E-state index in [0.717, 1.165) is 26.0 Å². The van der Waals surface area contributed by atoms with Crippen molar-refractivity contribution in [2.24, 2.45) is 5.92 Å². The summed E-state index contributed by atoms with van der Waals surface area (Å²) in [6.07, 6.45) is 2.26. The van der Waals surface area contributed by atoms with Crippen LogP contribution >= 0.6 is 0 Å². The lowest BCUT2D eigenvalue weighted by molar-refractivity contribution is 0.0681. The molecule has 0 radical (unpaired) electrons. The van der Waals surface area contributed by atoms with Crippen LogP contribution in [0.25, 0.3) is 0 Å². The van der Waals surface area contributed by atoms with Gasteiger partial charge >= 0.3 is 0 Å². The molecule has 0 aliphatic rings. The Morgan fingerprint density at radius 2 is 1.75 bits per heavy atom. The highest BCUT2D eigenvalue weighted by atomic mass is 19.1. The minimum absolute atomic E-state index is 0.172. The zero-order chi connectivity index (χ0) is 15.0. The number of ether oxygens (including phenoxy) is 1. The van der Waals surface area contributed by atoms with Crippen LogP contribution in [0.3, 0.4) is 0 Å². The Hall–Kier alpha value is -0.930. The van der Waals surface area contributed by atoms with Gasteiger partial charge in [0.2, 0.25) is 0 Å². The van der Waals surface area contributed by atoms with Crippen LogP contribution in [-0.4, -0.2) is 25.3 Å². The van der Waals surface area contributed by atoms with Gasteiger partial charge in [-0.15, -0.1) is 0 Å². The van der Waals surface area contributed by atoms with Crippen LogP contribution in [0.15, 0.2) is 24.3 Å². The number of rotatable bonds is 9. The highest BCUT2D eigenvalue weighted by Crippen LogP contribution is 2.13. The van der Waals surface area contributed by atoms with Crippen LogP contribution in [0.1, 0.15) is 39.7 Å². The SMILES string of the molecule is CC(C)NCC(CCOC(C)C)Cc1ccc(F)cc1. The molecule has 3 heteroatoms. The van der Waals surface area contributed by atoms with Gasteiger partial charge < -0.3 is 10.1 Å². The third-order valence-electron chi connectivity index (χ3n) is 3.23. The molecule has 1 N–H and O–H groups in total. The van der Waals surface area contributed by atoms with Crippen molar-refractivity contribution in [1.82, 2.24) is 5.32 Å². The van der Waals surface area contributed by atoms with Crippen molar-refractivity contribution in [3.05, 3.63) is 35.6 Å². The minimum atomic E-state index is -0.172. The summed E-state index contributed by atoms with van der Waals surface area (Å²) in [7, 11) is 0. The standard InChI is InChI=1S/C17H28FNO/c1-13(2)19-12-16(9-10-20-14(3)4)11-15-5-7-17(18)8-6-15/h5-8,13-14,16,19H,9-12H2,1-4H3. The molecule has 0 heterocycles. The molecule has 1 rings (SSSR count). The Morgan fingerprint density at radius 1 is 1.10 bits per heavy atom. The van der Waals surface area contributed by atoms with Crippen molar-refractivity contribution >= 4 is 0 Å². The average molecular weight is 281 g/mol. The lowest BCUT2D eigenvalue weighted by atomic mass is 9.96. The van der Waals surface area contributed by atoms with Crippen LogP contribution < -0.4 is 5.32 Å². The summed E-state index contributed by atoms with van der Waals surface area (Å²) in [5, 5.41) is 3.49. The van der Waals surface area contributed by atoms with Crippen LogP contribution in [0.5, 0.6) is 0 Å². The van der Waals surface area contributed by atoms with Gasteiger partial charge in [-0.05, 0) is 56.8 Å². The second kappa shape index (κ2) is 9.09. The first-order valence-electron chi connectivity index (χ1n) is 7.56. The summed E-state index contributed by atoms with van der Waals surface area (Å²) in [4.78, 5) is 0. The van der Waals surface area contributed by atoms with E-state index in [-0.39, 0.29) is 11.9 Å². The average Bonchev–Trinajstić information content (AvgIpc) is 2.37. The quantitative estimate of drug-likeness (QED) is 0.743. The van der Waals surface area contributed by atoms with Crippen LogP contribution in [0, 0.1) is 11.7 Å².